The van der Waals surface area contributed by atoms with Crippen LogP contribution < -0.4 is 0 Å². The molecule has 0 aliphatic carbocycles. The second kappa shape index (κ2) is 27.3. The van der Waals surface area contributed by atoms with E-state index < -0.39 is 12.1 Å². The summed E-state index contributed by atoms with van der Waals surface area (Å²) in [5.41, 5.74) is 0. The summed E-state index contributed by atoms with van der Waals surface area (Å²) in [5, 5.41) is 17.7. The molecule has 0 saturated carbocycles. The van der Waals surface area contributed by atoms with Gasteiger partial charge in [0.05, 0.1) is 0 Å². The molecule has 0 aliphatic heterocycles. The summed E-state index contributed by atoms with van der Waals surface area (Å²) in [5.74, 6) is -1.09. The molecule has 0 rings (SSSR count). The van der Waals surface area contributed by atoms with Crippen LogP contribution in [0.2, 0.25) is 3.63 Å². The Labute approximate surface area is 204 Å². The number of carboxylic acid groups (broad SMARTS) is 1. The fourth-order valence-electron chi connectivity index (χ4n) is 3.52. The van der Waals surface area contributed by atoms with Crippen LogP contribution in [0.3, 0.4) is 0 Å². The third-order valence-corrected chi connectivity index (χ3v) is 8.95. The van der Waals surface area contributed by atoms with Crippen molar-refractivity contribution in [1.82, 2.24) is 0 Å². The summed E-state index contributed by atoms with van der Waals surface area (Å²) in [6.07, 6.45) is 24.5. The van der Waals surface area contributed by atoms with Gasteiger partial charge in [-0.3, -0.25) is 0 Å². The summed E-state index contributed by atoms with van der Waals surface area (Å²) in [7, 11) is 0. The summed E-state index contributed by atoms with van der Waals surface area (Å²) in [4.78, 5) is 10.4. The predicted octanol–water partition coefficient (Wildman–Crippen LogP) is 7.70. The molecule has 0 aromatic heterocycles. The Hall–Kier alpha value is 0.313. The second-order valence-corrected chi connectivity index (χ2v) is 12.6. The van der Waals surface area contributed by atoms with Crippen molar-refractivity contribution >= 4 is 30.7 Å². The molecule has 0 saturated heterocycles. The van der Waals surface area contributed by atoms with Crippen LogP contribution in [0.25, 0.3) is 0 Å². The molecule has 0 fully saturated rings. The van der Waals surface area contributed by atoms with Gasteiger partial charge in [0.2, 0.25) is 0 Å². The van der Waals surface area contributed by atoms with Crippen molar-refractivity contribution in [3.63, 3.8) is 0 Å². The van der Waals surface area contributed by atoms with Gasteiger partial charge in [-0.15, -0.1) is 0 Å². The summed E-state index contributed by atoms with van der Waals surface area (Å²) >= 11 is 1.22. The molecular weight excluding hydrogens is 569 g/mol. The first kappa shape index (κ1) is 32.5. The molecule has 2 N–H and O–H groups in total. The number of hydrogen-bond acceptors (Lipinski definition) is 2. The van der Waals surface area contributed by atoms with E-state index in [9.17, 15) is 4.79 Å². The molecular formula is C26H55BiO3. The standard InChI is InChI=1S/C18H36O3.C8H17.Bi.2H/c1-2-3-4-5-6-7-8-9-10-11-12-13-14-15-16-17(19)18(20)21;1-3-5-7-8-6-4-2;;;/h17,19H,2-16H2,1H3,(H,20,21);5H,3-4,6-8H2,1-2H3;;;. The van der Waals surface area contributed by atoms with Gasteiger partial charge in [-0.25, -0.2) is 4.79 Å². The average molecular weight is 625 g/mol. The van der Waals surface area contributed by atoms with E-state index in [1.807, 2.05) is 0 Å². The average Bonchev–Trinajstić information content (AvgIpc) is 2.74. The number of unbranched alkanes of at least 4 members (excludes halogenated alkanes) is 15. The number of carboxylic acids is 1. The second-order valence-electron chi connectivity index (χ2n) is 8.90. The Balaban J connectivity index is 0. The SMILES string of the molecule is CCCCCCCCCCCCCCCCC(O)C(=O)O.CCCCC[CH]([BiH2])CC. The van der Waals surface area contributed by atoms with Crippen molar-refractivity contribution in [2.45, 2.75) is 159 Å². The van der Waals surface area contributed by atoms with Crippen LogP contribution in [0, 0.1) is 0 Å². The summed E-state index contributed by atoms with van der Waals surface area (Å²) in [6.45, 7) is 6.85. The van der Waals surface area contributed by atoms with Crippen molar-refractivity contribution in [1.29, 1.82) is 0 Å². The molecule has 4 heteroatoms. The van der Waals surface area contributed by atoms with Gasteiger partial charge < -0.3 is 10.2 Å². The zero-order valence-corrected chi connectivity index (χ0v) is 25.2. The first-order chi connectivity index (χ1) is 14.5. The molecule has 0 aromatic rings. The first-order valence-corrected chi connectivity index (χ1v) is 15.7. The number of rotatable bonds is 21. The van der Waals surface area contributed by atoms with Gasteiger partial charge in [0.1, 0.15) is 0 Å². The van der Waals surface area contributed by atoms with Crippen LogP contribution in [0.1, 0.15) is 149 Å². The van der Waals surface area contributed by atoms with E-state index in [1.165, 1.54) is 134 Å². The Kier molecular flexibility index (Phi) is 29.6. The van der Waals surface area contributed by atoms with Crippen LogP contribution in [-0.2, 0) is 4.79 Å². The number of hydrogen-bond donors (Lipinski definition) is 2. The molecule has 0 bridgehead atoms. The minimum absolute atomic E-state index is 0.396. The third kappa shape index (κ3) is 28.3. The van der Waals surface area contributed by atoms with Crippen LogP contribution in [0.4, 0.5) is 0 Å². The van der Waals surface area contributed by atoms with Gasteiger partial charge >= 0.3 is 80.3 Å². The Morgan fingerprint density at radius 1 is 0.633 bits per heavy atom. The van der Waals surface area contributed by atoms with Crippen LogP contribution in [0.5, 0.6) is 0 Å². The van der Waals surface area contributed by atoms with Crippen molar-refractivity contribution in [2.24, 2.45) is 0 Å². The molecule has 0 radical (unpaired) electrons. The van der Waals surface area contributed by atoms with Crippen molar-refractivity contribution < 1.29 is 15.0 Å². The Bertz CT molecular complexity index is 336. The van der Waals surface area contributed by atoms with Gasteiger partial charge in [0, 0.05) is 0 Å². The topological polar surface area (TPSA) is 57.5 Å². The van der Waals surface area contributed by atoms with Gasteiger partial charge in [-0.1, -0.05) is 96.8 Å². The van der Waals surface area contributed by atoms with E-state index in [-0.39, 0.29) is 0 Å². The van der Waals surface area contributed by atoms with E-state index in [2.05, 4.69) is 20.8 Å². The molecule has 0 aliphatic rings. The molecule has 0 heterocycles. The van der Waals surface area contributed by atoms with Gasteiger partial charge in [-0.05, 0) is 6.42 Å². The zero-order chi connectivity index (χ0) is 22.9. The monoisotopic (exact) mass is 624 g/mol. The van der Waals surface area contributed by atoms with Crippen LogP contribution in [-0.4, -0.2) is 47.0 Å². The molecule has 2 atom stereocenters. The number of aliphatic hydroxyl groups excluding tert-OH is 1. The quantitative estimate of drug-likeness (QED) is 0.102. The maximum absolute atomic E-state index is 10.4. The van der Waals surface area contributed by atoms with E-state index >= 15 is 0 Å². The molecule has 3 nitrogen and oxygen atoms in total. The summed E-state index contributed by atoms with van der Waals surface area (Å²) in [6, 6.07) is 0. The fourth-order valence-corrected chi connectivity index (χ4v) is 4.43. The first-order valence-electron chi connectivity index (χ1n) is 13.2. The molecule has 2 unspecified atom stereocenters. The van der Waals surface area contributed by atoms with E-state index in [1.54, 1.807) is 0 Å². The summed E-state index contributed by atoms with van der Waals surface area (Å²) < 4.78 is 1.12. The van der Waals surface area contributed by atoms with Gasteiger partial charge in [-0.2, -0.15) is 0 Å². The van der Waals surface area contributed by atoms with Crippen molar-refractivity contribution in [2.75, 3.05) is 0 Å². The Morgan fingerprint density at radius 2 is 0.967 bits per heavy atom. The van der Waals surface area contributed by atoms with Gasteiger partial charge in [0.15, 0.2) is 6.10 Å². The maximum atomic E-state index is 10.4. The third-order valence-electron chi connectivity index (χ3n) is 5.82. The minimum atomic E-state index is -1.16. The number of aliphatic hydroxyl groups is 1. The normalized spacial score (nSPS) is 12.8. The van der Waals surface area contributed by atoms with E-state index in [4.69, 9.17) is 10.2 Å². The molecule has 0 spiro atoms. The van der Waals surface area contributed by atoms with E-state index in [0.29, 0.717) is 6.42 Å². The zero-order valence-electron chi connectivity index (χ0n) is 20.7. The number of aliphatic carboxylic acids is 1. The van der Waals surface area contributed by atoms with Gasteiger partial charge in [0.25, 0.3) is 0 Å². The fraction of sp³-hybridized carbons (Fsp3) is 0.962. The van der Waals surface area contributed by atoms with Crippen LogP contribution >= 0.6 is 0 Å². The van der Waals surface area contributed by atoms with Crippen molar-refractivity contribution in [3.8, 4) is 0 Å². The molecule has 0 aromatic carbocycles. The van der Waals surface area contributed by atoms with Crippen LogP contribution in [0.15, 0.2) is 0 Å². The molecule has 30 heavy (non-hydrogen) atoms. The van der Waals surface area contributed by atoms with Crippen molar-refractivity contribution in [3.05, 3.63) is 0 Å². The Morgan fingerprint density at radius 3 is 1.33 bits per heavy atom. The predicted molar refractivity (Wildman–Crippen MR) is 135 cm³/mol. The molecule has 182 valence electrons. The number of carbonyl (C=O) groups is 1. The van der Waals surface area contributed by atoms with E-state index in [0.717, 1.165) is 16.5 Å². The molecule has 0 amide bonds.